The molecule has 154 valence electrons. The Bertz CT molecular complexity index is 823. The van der Waals surface area contributed by atoms with Crippen LogP contribution in [0, 0.1) is 11.3 Å². The molecule has 1 aromatic carbocycles. The first-order valence-corrected chi connectivity index (χ1v) is 10.8. The highest BCUT2D eigenvalue weighted by atomic mass is 16.1. The van der Waals surface area contributed by atoms with Crippen LogP contribution in [0.1, 0.15) is 30.2 Å². The summed E-state index contributed by atoms with van der Waals surface area (Å²) in [5.74, 6) is 0.362. The van der Waals surface area contributed by atoms with Crippen LogP contribution in [-0.2, 0) is 24.2 Å². The maximum absolute atomic E-state index is 11.5. The Hall–Kier alpha value is -2.24. The second-order valence-corrected chi connectivity index (χ2v) is 8.86. The predicted octanol–water partition coefficient (Wildman–Crippen LogP) is 2.50. The quantitative estimate of drug-likeness (QED) is 0.750. The van der Waals surface area contributed by atoms with Crippen LogP contribution < -0.4 is 5.73 Å². The fraction of sp³-hybridized carbons (Fsp3) is 0.500. The third kappa shape index (κ3) is 4.68. The molecule has 0 spiro atoms. The minimum atomic E-state index is -0.222. The highest BCUT2D eigenvalue weighted by Crippen LogP contribution is 2.46. The van der Waals surface area contributed by atoms with Crippen molar-refractivity contribution in [1.29, 1.82) is 0 Å². The van der Waals surface area contributed by atoms with E-state index >= 15 is 0 Å². The van der Waals surface area contributed by atoms with Crippen LogP contribution >= 0.6 is 0 Å². The number of primary amides is 1. The van der Waals surface area contributed by atoms with Crippen molar-refractivity contribution < 1.29 is 4.79 Å². The van der Waals surface area contributed by atoms with Crippen LogP contribution in [-0.4, -0.2) is 53.4 Å². The molecule has 2 saturated heterocycles. The van der Waals surface area contributed by atoms with Crippen LogP contribution in [0.4, 0.5) is 0 Å². The molecule has 2 aliphatic rings. The lowest BCUT2D eigenvalue weighted by Gasteiger charge is -2.29. The summed E-state index contributed by atoms with van der Waals surface area (Å²) >= 11 is 0. The molecule has 0 saturated carbocycles. The van der Waals surface area contributed by atoms with Gasteiger partial charge in [0, 0.05) is 44.3 Å². The lowest BCUT2D eigenvalue weighted by Crippen LogP contribution is -2.38. The van der Waals surface area contributed by atoms with E-state index in [4.69, 9.17) is 5.73 Å². The second-order valence-electron chi connectivity index (χ2n) is 8.86. The van der Waals surface area contributed by atoms with Crippen molar-refractivity contribution >= 4 is 5.91 Å². The number of aryl methyl sites for hydroxylation is 2. The van der Waals surface area contributed by atoms with Gasteiger partial charge in [-0.25, -0.2) is 0 Å². The molecule has 2 atom stereocenters. The molecule has 0 radical (unpaired) electrons. The first-order chi connectivity index (χ1) is 14.1. The molecule has 2 unspecified atom stereocenters. The molecular weight excluding hydrogens is 360 g/mol. The number of fused-ring (bicyclic) bond motifs is 1. The molecule has 3 heterocycles. The SMILES string of the molecule is CCc1ccc(CN2CC3CN(CC(N)=O)CC3(CCc3ccccc3)C2)nc1. The van der Waals surface area contributed by atoms with Crippen LogP contribution in [0.3, 0.4) is 0 Å². The van der Waals surface area contributed by atoms with Gasteiger partial charge < -0.3 is 5.73 Å². The molecule has 2 N–H and O–H groups in total. The smallest absolute Gasteiger partial charge is 0.231 e. The third-order valence-corrected chi connectivity index (χ3v) is 6.71. The maximum Gasteiger partial charge on any atom is 0.231 e. The number of benzene rings is 1. The lowest BCUT2D eigenvalue weighted by molar-refractivity contribution is -0.119. The van der Waals surface area contributed by atoms with Crippen molar-refractivity contribution in [3.63, 3.8) is 0 Å². The van der Waals surface area contributed by atoms with Gasteiger partial charge in [-0.2, -0.15) is 0 Å². The Balaban J connectivity index is 1.45. The monoisotopic (exact) mass is 392 g/mol. The van der Waals surface area contributed by atoms with Gasteiger partial charge in [0.05, 0.1) is 12.2 Å². The Morgan fingerprint density at radius 2 is 1.86 bits per heavy atom. The molecule has 1 amide bonds. The van der Waals surface area contributed by atoms with E-state index in [-0.39, 0.29) is 11.3 Å². The number of likely N-dealkylation sites (tertiary alicyclic amines) is 2. The third-order valence-electron chi connectivity index (χ3n) is 6.71. The summed E-state index contributed by atoms with van der Waals surface area (Å²) in [5.41, 5.74) is 9.54. The van der Waals surface area contributed by atoms with Crippen LogP contribution in [0.2, 0.25) is 0 Å². The number of nitrogens with zero attached hydrogens (tertiary/aromatic N) is 3. The van der Waals surface area contributed by atoms with E-state index in [2.05, 4.69) is 64.2 Å². The number of pyridine rings is 1. The average Bonchev–Trinajstić information content (AvgIpc) is 3.20. The molecule has 5 heteroatoms. The van der Waals surface area contributed by atoms with Gasteiger partial charge in [-0.15, -0.1) is 0 Å². The zero-order valence-corrected chi connectivity index (χ0v) is 17.4. The zero-order chi connectivity index (χ0) is 20.3. The fourth-order valence-electron chi connectivity index (χ4n) is 5.24. The van der Waals surface area contributed by atoms with E-state index in [1.54, 1.807) is 0 Å². The van der Waals surface area contributed by atoms with E-state index in [0.717, 1.165) is 57.7 Å². The van der Waals surface area contributed by atoms with Gasteiger partial charge in [0.1, 0.15) is 0 Å². The number of carbonyl (C=O) groups excluding carboxylic acids is 1. The van der Waals surface area contributed by atoms with Crippen molar-refractivity contribution in [2.75, 3.05) is 32.7 Å². The van der Waals surface area contributed by atoms with Gasteiger partial charge in [-0.05, 0) is 42.4 Å². The van der Waals surface area contributed by atoms with E-state index in [9.17, 15) is 4.79 Å². The molecule has 4 rings (SSSR count). The number of nitrogens with two attached hydrogens (primary N) is 1. The molecule has 2 fully saturated rings. The van der Waals surface area contributed by atoms with Crippen molar-refractivity contribution in [3.05, 3.63) is 65.5 Å². The fourth-order valence-corrected chi connectivity index (χ4v) is 5.24. The van der Waals surface area contributed by atoms with Crippen LogP contribution in [0.5, 0.6) is 0 Å². The summed E-state index contributed by atoms with van der Waals surface area (Å²) in [6.45, 7) is 7.51. The maximum atomic E-state index is 11.5. The average molecular weight is 393 g/mol. The Morgan fingerprint density at radius 3 is 2.55 bits per heavy atom. The highest BCUT2D eigenvalue weighted by molar-refractivity contribution is 5.76. The standard InChI is InChI=1S/C24H32N4O/c1-2-19-8-9-22(26-12-19)15-27-13-21-14-28(16-23(25)29)18-24(21,17-27)11-10-20-6-4-3-5-7-20/h3-9,12,21H,2,10-11,13-18H2,1H3,(H2,25,29). The summed E-state index contributed by atoms with van der Waals surface area (Å²) in [6, 6.07) is 15.1. The molecule has 5 nitrogen and oxygen atoms in total. The molecule has 2 aliphatic heterocycles. The van der Waals surface area contributed by atoms with Crippen molar-refractivity contribution in [3.8, 4) is 0 Å². The van der Waals surface area contributed by atoms with Gasteiger partial charge in [-0.3, -0.25) is 19.6 Å². The normalized spacial score (nSPS) is 24.7. The largest absolute Gasteiger partial charge is 0.369 e. The van der Waals surface area contributed by atoms with Gasteiger partial charge in [0.25, 0.3) is 0 Å². The van der Waals surface area contributed by atoms with Crippen molar-refractivity contribution in [2.45, 2.75) is 32.7 Å². The van der Waals surface area contributed by atoms with E-state index < -0.39 is 0 Å². The lowest BCUT2D eigenvalue weighted by atomic mass is 9.76. The summed E-state index contributed by atoms with van der Waals surface area (Å²) in [7, 11) is 0. The number of rotatable bonds is 8. The van der Waals surface area contributed by atoms with Crippen molar-refractivity contribution in [2.24, 2.45) is 17.1 Å². The summed E-state index contributed by atoms with van der Waals surface area (Å²) < 4.78 is 0. The summed E-state index contributed by atoms with van der Waals surface area (Å²) in [4.78, 5) is 21.0. The van der Waals surface area contributed by atoms with Gasteiger partial charge in [0.15, 0.2) is 0 Å². The number of amides is 1. The number of aromatic nitrogens is 1. The zero-order valence-electron chi connectivity index (χ0n) is 17.4. The predicted molar refractivity (Wildman–Crippen MR) is 115 cm³/mol. The summed E-state index contributed by atoms with van der Waals surface area (Å²) in [5, 5.41) is 0. The Morgan fingerprint density at radius 1 is 1.10 bits per heavy atom. The molecule has 1 aromatic heterocycles. The molecule has 29 heavy (non-hydrogen) atoms. The second kappa shape index (κ2) is 8.64. The van der Waals surface area contributed by atoms with E-state index in [0.29, 0.717) is 12.5 Å². The highest BCUT2D eigenvalue weighted by Gasteiger charge is 2.51. The minimum Gasteiger partial charge on any atom is -0.369 e. The molecule has 0 aliphatic carbocycles. The number of hydrogen-bond donors (Lipinski definition) is 1. The topological polar surface area (TPSA) is 62.5 Å². The van der Waals surface area contributed by atoms with Crippen LogP contribution in [0.25, 0.3) is 0 Å². The van der Waals surface area contributed by atoms with Crippen molar-refractivity contribution in [1.82, 2.24) is 14.8 Å². The minimum absolute atomic E-state index is 0.222. The summed E-state index contributed by atoms with van der Waals surface area (Å²) in [6.07, 6.45) is 5.26. The first-order valence-electron chi connectivity index (χ1n) is 10.8. The van der Waals surface area contributed by atoms with E-state index in [1.807, 2.05) is 6.20 Å². The van der Waals surface area contributed by atoms with Gasteiger partial charge >= 0.3 is 0 Å². The molecule has 0 bridgehead atoms. The number of carbonyl (C=O) groups is 1. The molecule has 2 aromatic rings. The Kier molecular flexibility index (Phi) is 5.97. The first kappa shape index (κ1) is 20.0. The molecular formula is C24H32N4O. The van der Waals surface area contributed by atoms with Crippen LogP contribution in [0.15, 0.2) is 48.7 Å². The number of hydrogen-bond acceptors (Lipinski definition) is 4. The Labute approximate surface area is 173 Å². The van der Waals surface area contributed by atoms with E-state index in [1.165, 1.54) is 11.1 Å². The van der Waals surface area contributed by atoms with Gasteiger partial charge in [0.2, 0.25) is 5.91 Å². The van der Waals surface area contributed by atoms with Gasteiger partial charge in [-0.1, -0.05) is 43.3 Å².